The van der Waals surface area contributed by atoms with Crippen LogP contribution >= 0.6 is 11.6 Å². The van der Waals surface area contributed by atoms with Gasteiger partial charge in [-0.05, 0) is 50.2 Å². The van der Waals surface area contributed by atoms with Crippen LogP contribution in [0.5, 0.6) is 0 Å². The summed E-state index contributed by atoms with van der Waals surface area (Å²) < 4.78 is 55.4. The van der Waals surface area contributed by atoms with Crippen LogP contribution in [-0.2, 0) is 10.0 Å². The first kappa shape index (κ1) is 23.3. The third-order valence-electron chi connectivity index (χ3n) is 5.60. The molecule has 1 saturated heterocycles. The first-order valence-corrected chi connectivity index (χ1v) is 12.0. The van der Waals surface area contributed by atoms with E-state index < -0.39 is 26.6 Å². The molecule has 7 nitrogen and oxygen atoms in total. The molecule has 0 spiro atoms. The molecule has 1 fully saturated rings. The van der Waals surface area contributed by atoms with E-state index in [0.29, 0.717) is 22.3 Å². The predicted molar refractivity (Wildman–Crippen MR) is 119 cm³/mol. The summed E-state index contributed by atoms with van der Waals surface area (Å²) in [7, 11) is -4.13. The zero-order valence-corrected chi connectivity index (χ0v) is 19.5. The van der Waals surface area contributed by atoms with E-state index in [1.54, 1.807) is 33.8 Å². The Balaban J connectivity index is 1.44. The number of halogens is 3. The summed E-state index contributed by atoms with van der Waals surface area (Å²) in [4.78, 5) is 13.9. The van der Waals surface area contributed by atoms with Crippen LogP contribution < -0.4 is 0 Å². The second-order valence-electron chi connectivity index (χ2n) is 7.71. The first-order chi connectivity index (χ1) is 15.6. The Morgan fingerprint density at radius 3 is 2.18 bits per heavy atom. The Hall–Kier alpha value is -2.82. The van der Waals surface area contributed by atoms with Crippen molar-refractivity contribution in [3.05, 3.63) is 76.1 Å². The average molecular weight is 495 g/mol. The van der Waals surface area contributed by atoms with Gasteiger partial charge in [0.05, 0.1) is 22.1 Å². The highest BCUT2D eigenvalue weighted by molar-refractivity contribution is 7.89. The lowest BCUT2D eigenvalue weighted by atomic mass is 10.1. The molecule has 0 saturated carbocycles. The lowest BCUT2D eigenvalue weighted by Crippen LogP contribution is -2.50. The average Bonchev–Trinajstić information content (AvgIpc) is 3.06. The van der Waals surface area contributed by atoms with Crippen LogP contribution in [0.25, 0.3) is 5.69 Å². The summed E-state index contributed by atoms with van der Waals surface area (Å²) >= 11 is 6.20. The van der Waals surface area contributed by atoms with E-state index >= 15 is 0 Å². The van der Waals surface area contributed by atoms with Gasteiger partial charge in [0.2, 0.25) is 10.0 Å². The van der Waals surface area contributed by atoms with Crippen LogP contribution in [-0.4, -0.2) is 59.5 Å². The molecule has 11 heteroatoms. The molecule has 174 valence electrons. The summed E-state index contributed by atoms with van der Waals surface area (Å²) in [6.45, 7) is 3.98. The van der Waals surface area contributed by atoms with Crippen molar-refractivity contribution >= 4 is 27.5 Å². The van der Waals surface area contributed by atoms with Crippen molar-refractivity contribution in [1.82, 2.24) is 19.0 Å². The van der Waals surface area contributed by atoms with Gasteiger partial charge >= 0.3 is 0 Å². The molecule has 0 radical (unpaired) electrons. The molecular weight excluding hydrogens is 474 g/mol. The number of rotatable bonds is 4. The van der Waals surface area contributed by atoms with Gasteiger partial charge in [-0.3, -0.25) is 4.79 Å². The lowest BCUT2D eigenvalue weighted by Gasteiger charge is -2.34. The highest BCUT2D eigenvalue weighted by Crippen LogP contribution is 2.24. The number of amides is 1. The van der Waals surface area contributed by atoms with E-state index in [1.165, 1.54) is 0 Å². The number of carbonyl (C=O) groups is 1. The SMILES string of the molecule is Cc1nn(-c2ccc(C(=O)N3CCN(S(=O)(=O)c4ccc(F)cc4F)CC3)cc2)c(C)c1Cl. The molecular formula is C22H21ClF2N4O3S. The number of hydrogen-bond donors (Lipinski definition) is 0. The molecule has 4 rings (SSSR count). The summed E-state index contributed by atoms with van der Waals surface area (Å²) in [5, 5.41) is 4.98. The van der Waals surface area contributed by atoms with Gasteiger partial charge in [0.15, 0.2) is 0 Å². The highest BCUT2D eigenvalue weighted by atomic mass is 35.5. The monoisotopic (exact) mass is 494 g/mol. The fourth-order valence-corrected chi connectivity index (χ4v) is 5.34. The molecule has 2 aromatic carbocycles. The minimum Gasteiger partial charge on any atom is -0.336 e. The molecule has 33 heavy (non-hydrogen) atoms. The molecule has 1 aliphatic heterocycles. The highest BCUT2D eigenvalue weighted by Gasteiger charge is 2.32. The number of benzene rings is 2. The maximum Gasteiger partial charge on any atom is 0.253 e. The summed E-state index contributed by atoms with van der Waals surface area (Å²) in [5.74, 6) is -2.23. The van der Waals surface area contributed by atoms with Crippen molar-refractivity contribution in [3.63, 3.8) is 0 Å². The van der Waals surface area contributed by atoms with Crippen LogP contribution in [0, 0.1) is 25.5 Å². The number of piperazine rings is 1. The summed E-state index contributed by atoms with van der Waals surface area (Å²) in [5.41, 5.74) is 2.72. The van der Waals surface area contributed by atoms with E-state index in [-0.39, 0.29) is 32.1 Å². The second kappa shape index (κ2) is 8.85. The Labute approximate surface area is 195 Å². The van der Waals surface area contributed by atoms with Gasteiger partial charge in [0.1, 0.15) is 16.5 Å². The fourth-order valence-electron chi connectivity index (χ4n) is 3.76. The fraction of sp³-hybridized carbons (Fsp3) is 0.273. The van der Waals surface area contributed by atoms with Crippen molar-refractivity contribution in [2.45, 2.75) is 18.7 Å². The van der Waals surface area contributed by atoms with Crippen molar-refractivity contribution in [2.75, 3.05) is 26.2 Å². The quantitative estimate of drug-likeness (QED) is 0.555. The number of aromatic nitrogens is 2. The smallest absolute Gasteiger partial charge is 0.253 e. The third kappa shape index (κ3) is 4.38. The predicted octanol–water partition coefficient (Wildman–Crippen LogP) is 3.57. The van der Waals surface area contributed by atoms with Crippen LogP contribution in [0.4, 0.5) is 8.78 Å². The lowest BCUT2D eigenvalue weighted by molar-refractivity contribution is 0.0697. The number of hydrogen-bond acceptors (Lipinski definition) is 4. The van der Waals surface area contributed by atoms with E-state index in [4.69, 9.17) is 11.6 Å². The molecule has 0 bridgehead atoms. The largest absolute Gasteiger partial charge is 0.336 e. The van der Waals surface area contributed by atoms with Crippen molar-refractivity contribution in [2.24, 2.45) is 0 Å². The number of sulfonamides is 1. The maximum absolute atomic E-state index is 14.0. The third-order valence-corrected chi connectivity index (χ3v) is 8.08. The Kier molecular flexibility index (Phi) is 6.26. The Morgan fingerprint density at radius 1 is 1.00 bits per heavy atom. The molecule has 3 aromatic rings. The molecule has 1 aliphatic rings. The molecule has 0 N–H and O–H groups in total. The van der Waals surface area contributed by atoms with Crippen molar-refractivity contribution in [1.29, 1.82) is 0 Å². The minimum absolute atomic E-state index is 0.00717. The van der Waals surface area contributed by atoms with Gasteiger partial charge in [0.25, 0.3) is 5.91 Å². The Morgan fingerprint density at radius 2 is 1.64 bits per heavy atom. The maximum atomic E-state index is 14.0. The van der Waals surface area contributed by atoms with Gasteiger partial charge < -0.3 is 4.90 Å². The molecule has 0 atom stereocenters. The van der Waals surface area contributed by atoms with Gasteiger partial charge in [0, 0.05) is 37.8 Å². The normalized spacial score (nSPS) is 15.1. The van der Waals surface area contributed by atoms with Crippen molar-refractivity contribution in [3.8, 4) is 5.69 Å². The van der Waals surface area contributed by atoms with Gasteiger partial charge in [-0.2, -0.15) is 9.40 Å². The molecule has 0 unspecified atom stereocenters. The zero-order valence-electron chi connectivity index (χ0n) is 17.9. The summed E-state index contributed by atoms with van der Waals surface area (Å²) in [6, 6.07) is 9.24. The molecule has 1 amide bonds. The Bertz CT molecular complexity index is 1320. The van der Waals surface area contributed by atoms with Gasteiger partial charge in [-0.15, -0.1) is 0 Å². The standard InChI is InChI=1S/C22H21ClF2N4O3S/c1-14-21(23)15(2)29(26-14)18-6-3-16(4-7-18)22(30)27-9-11-28(12-10-27)33(31,32)20-8-5-17(24)13-19(20)25/h3-8,13H,9-12H2,1-2H3. The second-order valence-corrected chi connectivity index (χ2v) is 10.00. The van der Waals surface area contributed by atoms with E-state index in [1.807, 2.05) is 13.8 Å². The number of aryl methyl sites for hydroxylation is 1. The zero-order chi connectivity index (χ0) is 23.9. The van der Waals surface area contributed by atoms with Gasteiger partial charge in [-0.25, -0.2) is 21.9 Å². The van der Waals surface area contributed by atoms with E-state index in [9.17, 15) is 22.0 Å². The van der Waals surface area contributed by atoms with Crippen LogP contribution in [0.3, 0.4) is 0 Å². The van der Waals surface area contributed by atoms with E-state index in [2.05, 4.69) is 5.10 Å². The molecule has 1 aromatic heterocycles. The van der Waals surface area contributed by atoms with E-state index in [0.717, 1.165) is 27.8 Å². The van der Waals surface area contributed by atoms with Crippen LogP contribution in [0.15, 0.2) is 47.4 Å². The van der Waals surface area contributed by atoms with Crippen LogP contribution in [0.2, 0.25) is 5.02 Å². The van der Waals surface area contributed by atoms with Crippen molar-refractivity contribution < 1.29 is 22.0 Å². The summed E-state index contributed by atoms with van der Waals surface area (Å²) in [6.07, 6.45) is 0. The van der Waals surface area contributed by atoms with Gasteiger partial charge in [-0.1, -0.05) is 11.6 Å². The molecule has 2 heterocycles. The molecule has 0 aliphatic carbocycles. The van der Waals surface area contributed by atoms with Crippen LogP contribution in [0.1, 0.15) is 21.7 Å². The first-order valence-electron chi connectivity index (χ1n) is 10.2. The topological polar surface area (TPSA) is 75.5 Å². The number of nitrogens with zero attached hydrogens (tertiary/aromatic N) is 4. The minimum atomic E-state index is -4.13. The number of carbonyl (C=O) groups excluding carboxylic acids is 1.